The smallest absolute Gasteiger partial charge is 0.272 e. The number of hydrogen-bond acceptors (Lipinski definition) is 3. The van der Waals surface area contributed by atoms with E-state index in [1.165, 1.54) is 17.0 Å². The Labute approximate surface area is 222 Å². The van der Waals surface area contributed by atoms with Crippen LogP contribution in [0.3, 0.4) is 0 Å². The van der Waals surface area contributed by atoms with E-state index >= 15 is 0 Å². The zero-order chi connectivity index (χ0) is 26.8. The van der Waals surface area contributed by atoms with Crippen molar-refractivity contribution in [1.29, 1.82) is 0 Å². The summed E-state index contributed by atoms with van der Waals surface area (Å²) in [6.07, 6.45) is 2.24. The molecule has 0 saturated carbocycles. The predicted octanol–water partition coefficient (Wildman–Crippen LogP) is 6.50. The van der Waals surface area contributed by atoms with Crippen LogP contribution in [0.25, 0.3) is 0 Å². The molecular weight excluding hydrogens is 477 g/mol. The molecule has 4 aromatic carbocycles. The molecule has 0 bridgehead atoms. The summed E-state index contributed by atoms with van der Waals surface area (Å²) in [6.45, 7) is 2.01. The van der Waals surface area contributed by atoms with E-state index in [-0.39, 0.29) is 12.0 Å². The highest BCUT2D eigenvalue weighted by Gasteiger charge is 2.61. The third-order valence-corrected chi connectivity index (χ3v) is 7.42. The number of carbonyl (C=O) groups is 2. The SMILES string of the molecule is CCCCCC(=O)[C@@]1(O)C(=O)N(C(c2ccccc2)(c2ccccc2)c2ccccc2)c2ccc(F)cc21. The molecule has 0 aliphatic carbocycles. The second kappa shape index (κ2) is 10.3. The Bertz CT molecular complexity index is 1340. The van der Waals surface area contributed by atoms with Gasteiger partial charge in [-0.2, -0.15) is 0 Å². The van der Waals surface area contributed by atoms with Crippen molar-refractivity contribution in [3.8, 4) is 0 Å². The van der Waals surface area contributed by atoms with Crippen molar-refractivity contribution in [1.82, 2.24) is 0 Å². The number of ketones is 1. The largest absolute Gasteiger partial charge is 0.369 e. The quantitative estimate of drug-likeness (QED) is 0.160. The zero-order valence-corrected chi connectivity index (χ0v) is 21.3. The average molecular weight is 508 g/mol. The molecule has 0 saturated heterocycles. The van der Waals surface area contributed by atoms with Gasteiger partial charge >= 0.3 is 0 Å². The molecule has 0 aromatic heterocycles. The minimum atomic E-state index is -2.49. The van der Waals surface area contributed by atoms with E-state index in [1.807, 2.05) is 97.9 Å². The van der Waals surface area contributed by atoms with Gasteiger partial charge in [0.15, 0.2) is 5.78 Å². The van der Waals surface area contributed by atoms with Crippen LogP contribution in [0.15, 0.2) is 109 Å². The van der Waals surface area contributed by atoms with Gasteiger partial charge in [0, 0.05) is 12.0 Å². The number of hydrogen-bond donors (Lipinski definition) is 1. The number of Topliss-reactive ketones (excluding diaryl/α,β-unsaturated/α-hetero) is 1. The Morgan fingerprint density at radius 1 is 0.816 bits per heavy atom. The summed E-state index contributed by atoms with van der Waals surface area (Å²) >= 11 is 0. The van der Waals surface area contributed by atoms with E-state index in [2.05, 4.69) is 0 Å². The first-order valence-corrected chi connectivity index (χ1v) is 13.0. The molecule has 4 nitrogen and oxygen atoms in total. The minimum absolute atomic E-state index is 0.0174. The molecule has 5 heteroatoms. The lowest BCUT2D eigenvalue weighted by Crippen LogP contribution is -2.55. The summed E-state index contributed by atoms with van der Waals surface area (Å²) in [5.74, 6) is -2.02. The summed E-state index contributed by atoms with van der Waals surface area (Å²) in [4.78, 5) is 29.7. The number of anilines is 1. The van der Waals surface area contributed by atoms with Gasteiger partial charge in [0.1, 0.15) is 11.4 Å². The van der Waals surface area contributed by atoms with Crippen molar-refractivity contribution in [2.45, 2.75) is 43.7 Å². The minimum Gasteiger partial charge on any atom is -0.369 e. The first-order valence-electron chi connectivity index (χ1n) is 13.0. The molecule has 1 N–H and O–H groups in total. The van der Waals surface area contributed by atoms with Gasteiger partial charge in [0.2, 0.25) is 5.60 Å². The maximum Gasteiger partial charge on any atom is 0.272 e. The van der Waals surface area contributed by atoms with Gasteiger partial charge in [-0.15, -0.1) is 0 Å². The molecule has 0 fully saturated rings. The zero-order valence-electron chi connectivity index (χ0n) is 21.3. The molecule has 4 aromatic rings. The van der Waals surface area contributed by atoms with Gasteiger partial charge in [-0.05, 0) is 41.3 Å². The number of benzene rings is 4. The highest BCUT2D eigenvalue weighted by molar-refractivity contribution is 6.21. The fourth-order valence-corrected chi connectivity index (χ4v) is 5.62. The maximum absolute atomic E-state index is 14.6. The van der Waals surface area contributed by atoms with Gasteiger partial charge in [-0.25, -0.2) is 4.39 Å². The molecule has 0 radical (unpaired) electrons. The van der Waals surface area contributed by atoms with E-state index in [4.69, 9.17) is 0 Å². The first kappa shape index (κ1) is 25.6. The molecule has 5 rings (SSSR count). The molecule has 1 amide bonds. The molecule has 0 unspecified atom stereocenters. The molecule has 1 atom stereocenters. The lowest BCUT2D eigenvalue weighted by molar-refractivity contribution is -0.150. The van der Waals surface area contributed by atoms with Crippen LogP contribution in [-0.2, 0) is 20.7 Å². The van der Waals surface area contributed by atoms with Crippen molar-refractivity contribution in [3.05, 3.63) is 137 Å². The Kier molecular flexibility index (Phi) is 6.96. The number of amides is 1. The normalized spacial score (nSPS) is 16.9. The number of fused-ring (bicyclic) bond motifs is 1. The monoisotopic (exact) mass is 507 g/mol. The lowest BCUT2D eigenvalue weighted by Gasteiger charge is -2.44. The Morgan fingerprint density at radius 3 is 1.79 bits per heavy atom. The second-order valence-corrected chi connectivity index (χ2v) is 9.70. The van der Waals surface area contributed by atoms with Crippen LogP contribution in [-0.4, -0.2) is 16.8 Å². The Hall–Kier alpha value is -4.09. The average Bonchev–Trinajstić information content (AvgIpc) is 3.18. The lowest BCUT2D eigenvalue weighted by atomic mass is 9.75. The number of carbonyl (C=O) groups excluding carboxylic acids is 2. The summed E-state index contributed by atoms with van der Waals surface area (Å²) in [6, 6.07) is 32.5. The van der Waals surface area contributed by atoms with Crippen LogP contribution in [0, 0.1) is 5.82 Å². The standard InChI is InChI=1S/C33H30FNO3/c1-2-3-7-20-30(36)33(38)28-23-27(34)21-22-29(28)35(31(33)37)32(24-14-8-4-9-15-24,25-16-10-5-11-17-25)26-18-12-6-13-19-26/h4-6,8-19,21-23,38H,2-3,7,20H2,1H3/t33-/m1/s1. The Morgan fingerprint density at radius 2 is 1.32 bits per heavy atom. The van der Waals surface area contributed by atoms with Crippen molar-refractivity contribution < 1.29 is 19.1 Å². The molecule has 1 aliphatic heterocycles. The Balaban J connectivity index is 1.84. The van der Waals surface area contributed by atoms with Gasteiger partial charge in [0.25, 0.3) is 5.91 Å². The second-order valence-electron chi connectivity index (χ2n) is 9.70. The van der Waals surface area contributed by atoms with Crippen LogP contribution in [0.5, 0.6) is 0 Å². The highest BCUT2D eigenvalue weighted by Crippen LogP contribution is 2.52. The molecular formula is C33H30FNO3. The number of rotatable bonds is 9. The molecule has 1 aliphatic rings. The van der Waals surface area contributed by atoms with Gasteiger partial charge in [-0.1, -0.05) is 111 Å². The maximum atomic E-state index is 14.6. The van der Waals surface area contributed by atoms with Crippen LogP contribution in [0.2, 0.25) is 0 Å². The van der Waals surface area contributed by atoms with Gasteiger partial charge in [-0.3, -0.25) is 14.5 Å². The summed E-state index contributed by atoms with van der Waals surface area (Å²) in [7, 11) is 0. The van der Waals surface area contributed by atoms with Crippen molar-refractivity contribution >= 4 is 17.4 Å². The van der Waals surface area contributed by atoms with Gasteiger partial charge < -0.3 is 5.11 Å². The van der Waals surface area contributed by atoms with Crippen molar-refractivity contribution in [2.75, 3.05) is 4.90 Å². The van der Waals surface area contributed by atoms with Crippen molar-refractivity contribution in [2.24, 2.45) is 0 Å². The summed E-state index contributed by atoms with van der Waals surface area (Å²) in [5, 5.41) is 12.0. The van der Waals surface area contributed by atoms with E-state index in [9.17, 15) is 19.1 Å². The fourth-order valence-electron chi connectivity index (χ4n) is 5.62. The first-order chi connectivity index (χ1) is 18.5. The van der Waals surface area contributed by atoms with Crippen molar-refractivity contribution in [3.63, 3.8) is 0 Å². The predicted molar refractivity (Wildman–Crippen MR) is 146 cm³/mol. The molecule has 192 valence electrons. The summed E-state index contributed by atoms with van der Waals surface area (Å²) in [5.41, 5.74) is -1.15. The van der Waals surface area contributed by atoms with E-state index < -0.39 is 28.6 Å². The van der Waals surface area contributed by atoms with Crippen LogP contribution < -0.4 is 4.90 Å². The molecule has 38 heavy (non-hydrogen) atoms. The van der Waals surface area contributed by atoms with Crippen LogP contribution in [0.1, 0.15) is 54.9 Å². The molecule has 0 spiro atoms. The van der Waals surface area contributed by atoms with E-state index in [0.29, 0.717) is 12.1 Å². The van der Waals surface area contributed by atoms with Crippen LogP contribution >= 0.6 is 0 Å². The third kappa shape index (κ3) is 3.95. The number of halogens is 1. The number of aliphatic hydroxyl groups is 1. The van der Waals surface area contributed by atoms with E-state index in [0.717, 1.165) is 35.6 Å². The number of nitrogens with zero attached hydrogens (tertiary/aromatic N) is 1. The fraction of sp³-hybridized carbons (Fsp3) is 0.212. The molecule has 1 heterocycles. The van der Waals surface area contributed by atoms with Crippen LogP contribution in [0.4, 0.5) is 10.1 Å². The summed E-state index contributed by atoms with van der Waals surface area (Å²) < 4.78 is 14.6. The van der Waals surface area contributed by atoms with Gasteiger partial charge in [0.05, 0.1) is 5.69 Å². The number of unbranched alkanes of at least 4 members (excludes halogenated alkanes) is 2. The topological polar surface area (TPSA) is 57.6 Å². The van der Waals surface area contributed by atoms with E-state index in [1.54, 1.807) is 0 Å². The highest BCUT2D eigenvalue weighted by atomic mass is 19.1. The third-order valence-electron chi connectivity index (χ3n) is 7.42.